The highest BCUT2D eigenvalue weighted by Crippen LogP contribution is 2.26. The van der Waals surface area contributed by atoms with E-state index in [1.165, 1.54) is 22.1 Å². The Morgan fingerprint density at radius 3 is 2.79 bits per heavy atom. The molecule has 1 N–H and O–H groups in total. The molecule has 1 atom stereocenters. The molecule has 0 radical (unpaired) electrons. The van der Waals surface area contributed by atoms with Crippen molar-refractivity contribution in [1.29, 1.82) is 0 Å². The van der Waals surface area contributed by atoms with Crippen LogP contribution in [0.4, 0.5) is 0 Å². The Morgan fingerprint density at radius 2 is 2.05 bits per heavy atom. The molecule has 0 bridgehead atoms. The largest absolute Gasteiger partial charge is 0.312 e. The van der Waals surface area contributed by atoms with Crippen molar-refractivity contribution < 1.29 is 0 Å². The lowest BCUT2D eigenvalue weighted by Gasteiger charge is -2.18. The van der Waals surface area contributed by atoms with E-state index in [1.54, 1.807) is 0 Å². The molecule has 0 aliphatic carbocycles. The fraction of sp³-hybridized carbons (Fsp3) is 0.438. The Labute approximate surface area is 120 Å². The van der Waals surface area contributed by atoms with Crippen LogP contribution in [0.2, 0.25) is 0 Å². The molecule has 0 amide bonds. The Hall–Kier alpha value is -1.06. The van der Waals surface area contributed by atoms with Crippen LogP contribution in [0.25, 0.3) is 10.8 Å². The van der Waals surface area contributed by atoms with E-state index in [9.17, 15) is 0 Å². The SMILES string of the molecule is CNC(CSCC(C)C)c1cccc2ccncc12. The molecule has 1 unspecified atom stereocenters. The molecular formula is C16H22N2S. The number of benzene rings is 1. The van der Waals surface area contributed by atoms with Crippen molar-refractivity contribution in [2.75, 3.05) is 18.6 Å². The van der Waals surface area contributed by atoms with Gasteiger partial charge in [-0.25, -0.2) is 0 Å². The summed E-state index contributed by atoms with van der Waals surface area (Å²) in [6.45, 7) is 4.53. The molecule has 0 spiro atoms. The smallest absolute Gasteiger partial charge is 0.0416 e. The van der Waals surface area contributed by atoms with E-state index >= 15 is 0 Å². The third-order valence-electron chi connectivity index (χ3n) is 3.18. The van der Waals surface area contributed by atoms with Gasteiger partial charge in [-0.15, -0.1) is 0 Å². The fourth-order valence-corrected chi connectivity index (χ4v) is 3.38. The topological polar surface area (TPSA) is 24.9 Å². The molecular weight excluding hydrogens is 252 g/mol. The van der Waals surface area contributed by atoms with E-state index in [0.717, 1.165) is 11.7 Å². The highest BCUT2D eigenvalue weighted by atomic mass is 32.2. The van der Waals surface area contributed by atoms with Gasteiger partial charge in [0.2, 0.25) is 0 Å². The van der Waals surface area contributed by atoms with E-state index in [4.69, 9.17) is 0 Å². The zero-order valence-electron chi connectivity index (χ0n) is 11.9. The summed E-state index contributed by atoms with van der Waals surface area (Å²) in [5, 5.41) is 5.96. The van der Waals surface area contributed by atoms with Gasteiger partial charge < -0.3 is 5.32 Å². The first kappa shape index (κ1) is 14.4. The molecule has 19 heavy (non-hydrogen) atoms. The molecule has 0 aliphatic rings. The van der Waals surface area contributed by atoms with Crippen LogP contribution in [0.15, 0.2) is 36.7 Å². The molecule has 1 aromatic carbocycles. The lowest BCUT2D eigenvalue weighted by molar-refractivity contribution is 0.664. The summed E-state index contributed by atoms with van der Waals surface area (Å²) in [7, 11) is 2.04. The number of hydrogen-bond donors (Lipinski definition) is 1. The Balaban J connectivity index is 2.20. The molecule has 102 valence electrons. The molecule has 1 aromatic heterocycles. The van der Waals surface area contributed by atoms with Crippen LogP contribution in [-0.2, 0) is 0 Å². The molecule has 0 saturated heterocycles. The van der Waals surface area contributed by atoms with Crippen molar-refractivity contribution in [2.45, 2.75) is 19.9 Å². The van der Waals surface area contributed by atoms with E-state index in [-0.39, 0.29) is 0 Å². The number of aromatic nitrogens is 1. The fourth-order valence-electron chi connectivity index (χ4n) is 2.19. The summed E-state index contributed by atoms with van der Waals surface area (Å²) >= 11 is 2.01. The quantitative estimate of drug-likeness (QED) is 0.865. The van der Waals surface area contributed by atoms with Crippen molar-refractivity contribution in [3.8, 4) is 0 Å². The minimum atomic E-state index is 0.386. The predicted octanol–water partition coefficient (Wildman–Crippen LogP) is 3.88. The number of rotatable bonds is 6. The number of thioether (sulfide) groups is 1. The zero-order chi connectivity index (χ0) is 13.7. The van der Waals surface area contributed by atoms with Crippen LogP contribution >= 0.6 is 11.8 Å². The van der Waals surface area contributed by atoms with Crippen LogP contribution in [0, 0.1) is 5.92 Å². The molecule has 2 rings (SSSR count). The normalized spacial score (nSPS) is 13.1. The number of nitrogens with one attached hydrogen (secondary N) is 1. The maximum absolute atomic E-state index is 4.26. The number of pyridine rings is 1. The summed E-state index contributed by atoms with van der Waals surface area (Å²) in [5.41, 5.74) is 1.35. The van der Waals surface area contributed by atoms with Crippen LogP contribution in [0.1, 0.15) is 25.5 Å². The minimum Gasteiger partial charge on any atom is -0.312 e. The summed E-state index contributed by atoms with van der Waals surface area (Å²) in [6.07, 6.45) is 3.83. The average Bonchev–Trinajstić information content (AvgIpc) is 2.43. The summed E-state index contributed by atoms with van der Waals surface area (Å²) in [4.78, 5) is 4.26. The molecule has 1 heterocycles. The molecule has 0 aliphatic heterocycles. The second-order valence-electron chi connectivity index (χ2n) is 5.22. The van der Waals surface area contributed by atoms with Crippen molar-refractivity contribution in [1.82, 2.24) is 10.3 Å². The van der Waals surface area contributed by atoms with E-state index < -0.39 is 0 Å². The highest BCUT2D eigenvalue weighted by molar-refractivity contribution is 7.99. The Kier molecular flexibility index (Phi) is 5.23. The second kappa shape index (κ2) is 6.92. The number of fused-ring (bicyclic) bond motifs is 1. The van der Waals surface area contributed by atoms with Gasteiger partial charge in [0.25, 0.3) is 0 Å². The van der Waals surface area contributed by atoms with Gasteiger partial charge in [0.1, 0.15) is 0 Å². The van der Waals surface area contributed by atoms with Gasteiger partial charge in [0, 0.05) is 29.6 Å². The Morgan fingerprint density at radius 1 is 1.21 bits per heavy atom. The summed E-state index contributed by atoms with van der Waals surface area (Å²) in [5.74, 6) is 3.06. The van der Waals surface area contributed by atoms with Gasteiger partial charge in [-0.05, 0) is 35.7 Å². The van der Waals surface area contributed by atoms with E-state index in [0.29, 0.717) is 6.04 Å². The third kappa shape index (κ3) is 3.71. The second-order valence-corrected chi connectivity index (χ2v) is 6.29. The maximum atomic E-state index is 4.26. The van der Waals surface area contributed by atoms with Gasteiger partial charge in [-0.1, -0.05) is 32.0 Å². The van der Waals surface area contributed by atoms with Gasteiger partial charge in [-0.2, -0.15) is 11.8 Å². The Bertz CT molecular complexity index is 520. The van der Waals surface area contributed by atoms with E-state index in [1.807, 2.05) is 31.2 Å². The monoisotopic (exact) mass is 274 g/mol. The first-order valence-corrected chi connectivity index (χ1v) is 7.95. The molecule has 0 fully saturated rings. The molecule has 2 nitrogen and oxygen atoms in total. The van der Waals surface area contributed by atoms with Crippen LogP contribution < -0.4 is 5.32 Å². The maximum Gasteiger partial charge on any atom is 0.0416 e. The van der Waals surface area contributed by atoms with E-state index in [2.05, 4.69) is 48.4 Å². The molecule has 3 heteroatoms. The summed E-state index contributed by atoms with van der Waals surface area (Å²) < 4.78 is 0. The molecule has 0 saturated carbocycles. The first-order valence-electron chi connectivity index (χ1n) is 6.80. The third-order valence-corrected chi connectivity index (χ3v) is 4.65. The first-order chi connectivity index (χ1) is 9.22. The van der Waals surface area contributed by atoms with Gasteiger partial charge >= 0.3 is 0 Å². The van der Waals surface area contributed by atoms with Gasteiger partial charge in [0.15, 0.2) is 0 Å². The van der Waals surface area contributed by atoms with Crippen molar-refractivity contribution in [3.63, 3.8) is 0 Å². The minimum absolute atomic E-state index is 0.386. The van der Waals surface area contributed by atoms with Gasteiger partial charge in [0.05, 0.1) is 0 Å². The standard InChI is InChI=1S/C16H22N2S/c1-12(2)10-19-11-16(17-3)14-6-4-5-13-7-8-18-9-15(13)14/h4-9,12,16-17H,10-11H2,1-3H3. The van der Waals surface area contributed by atoms with Gasteiger partial charge in [-0.3, -0.25) is 4.98 Å². The van der Waals surface area contributed by atoms with Crippen molar-refractivity contribution in [2.24, 2.45) is 5.92 Å². The van der Waals surface area contributed by atoms with Crippen LogP contribution in [0.5, 0.6) is 0 Å². The lowest BCUT2D eigenvalue weighted by Crippen LogP contribution is -2.19. The highest BCUT2D eigenvalue weighted by Gasteiger charge is 2.12. The lowest BCUT2D eigenvalue weighted by atomic mass is 10.0. The predicted molar refractivity (Wildman–Crippen MR) is 85.7 cm³/mol. The summed E-state index contributed by atoms with van der Waals surface area (Å²) in [6, 6.07) is 8.95. The van der Waals surface area contributed by atoms with Crippen molar-refractivity contribution >= 4 is 22.5 Å². The van der Waals surface area contributed by atoms with Crippen LogP contribution in [0.3, 0.4) is 0 Å². The number of hydrogen-bond acceptors (Lipinski definition) is 3. The van der Waals surface area contributed by atoms with Crippen LogP contribution in [-0.4, -0.2) is 23.5 Å². The molecule has 2 aromatic rings. The van der Waals surface area contributed by atoms with Crippen molar-refractivity contribution in [3.05, 3.63) is 42.2 Å². The number of nitrogens with zero attached hydrogens (tertiary/aromatic N) is 1. The zero-order valence-corrected chi connectivity index (χ0v) is 12.7. The average molecular weight is 274 g/mol.